The fourth-order valence-corrected chi connectivity index (χ4v) is 2.06. The highest BCUT2D eigenvalue weighted by atomic mass is 16.4. The quantitative estimate of drug-likeness (QED) is 0.832. The first-order chi connectivity index (χ1) is 8.22. The van der Waals surface area contributed by atoms with E-state index in [-0.39, 0.29) is 6.61 Å². The Hall–Kier alpha value is -1.62. The molecule has 1 aliphatic heterocycles. The molecule has 2 rings (SSSR count). The van der Waals surface area contributed by atoms with Crippen molar-refractivity contribution in [3.8, 4) is 0 Å². The average Bonchev–Trinajstić information content (AvgIpc) is 2.35. The molecule has 0 saturated carbocycles. The van der Waals surface area contributed by atoms with Gasteiger partial charge in [-0.05, 0) is 37.3 Å². The Labute approximate surface area is 99.7 Å². The maximum absolute atomic E-state index is 11.1. The number of aromatic nitrogens is 1. The van der Waals surface area contributed by atoms with Gasteiger partial charge < -0.3 is 10.2 Å². The molecule has 1 aliphatic rings. The van der Waals surface area contributed by atoms with E-state index in [0.29, 0.717) is 25.2 Å². The Balaban J connectivity index is 2.27. The number of aryl methyl sites for hydroxylation is 2. The van der Waals surface area contributed by atoms with Crippen LogP contribution in [0.2, 0.25) is 0 Å². The number of fused-ring (bicyclic) bond motifs is 1. The molecule has 1 aromatic rings. The van der Waals surface area contributed by atoms with Crippen LogP contribution >= 0.6 is 0 Å². The summed E-state index contributed by atoms with van der Waals surface area (Å²) in [6, 6.07) is 3.87. The normalized spacial score (nSPS) is 14.5. The van der Waals surface area contributed by atoms with Gasteiger partial charge in [-0.15, -0.1) is 0 Å². The zero-order chi connectivity index (χ0) is 12.3. The third-order valence-electron chi connectivity index (χ3n) is 2.92. The van der Waals surface area contributed by atoms with Gasteiger partial charge >= 0.3 is 6.09 Å². The molecule has 0 bridgehead atoms. The zero-order valence-electron chi connectivity index (χ0n) is 9.59. The molecule has 1 amide bonds. The van der Waals surface area contributed by atoms with Crippen molar-refractivity contribution >= 4 is 11.9 Å². The van der Waals surface area contributed by atoms with E-state index in [4.69, 9.17) is 10.2 Å². The van der Waals surface area contributed by atoms with E-state index in [0.717, 1.165) is 24.1 Å². The number of nitrogens with zero attached hydrogens (tertiary/aromatic N) is 2. The number of aliphatic hydroxyl groups is 1. The molecule has 1 aromatic heterocycles. The molecule has 0 fully saturated rings. The van der Waals surface area contributed by atoms with Gasteiger partial charge in [-0.2, -0.15) is 0 Å². The third kappa shape index (κ3) is 2.55. The van der Waals surface area contributed by atoms with Crippen LogP contribution in [0.1, 0.15) is 24.1 Å². The van der Waals surface area contributed by atoms with Crippen molar-refractivity contribution in [3.05, 3.63) is 23.4 Å². The van der Waals surface area contributed by atoms with Crippen LogP contribution in [-0.4, -0.2) is 34.4 Å². The Morgan fingerprint density at radius 2 is 2.29 bits per heavy atom. The third-order valence-corrected chi connectivity index (χ3v) is 2.92. The molecule has 0 aliphatic carbocycles. The molecule has 2 heterocycles. The van der Waals surface area contributed by atoms with Crippen LogP contribution in [0.15, 0.2) is 12.1 Å². The van der Waals surface area contributed by atoms with Crippen molar-refractivity contribution in [1.82, 2.24) is 4.98 Å². The van der Waals surface area contributed by atoms with Gasteiger partial charge in [-0.3, -0.25) is 4.90 Å². The number of pyridine rings is 1. The molecule has 0 atom stereocenters. The molecular weight excluding hydrogens is 220 g/mol. The highest BCUT2D eigenvalue weighted by Gasteiger charge is 2.23. The Morgan fingerprint density at radius 3 is 3.00 bits per heavy atom. The molecule has 0 spiro atoms. The smallest absolute Gasteiger partial charge is 0.413 e. The number of carbonyl (C=O) groups is 1. The van der Waals surface area contributed by atoms with Crippen LogP contribution in [0.25, 0.3) is 0 Å². The Kier molecular flexibility index (Phi) is 3.58. The molecule has 92 valence electrons. The minimum Gasteiger partial charge on any atom is -0.465 e. The van der Waals surface area contributed by atoms with E-state index >= 15 is 0 Å². The summed E-state index contributed by atoms with van der Waals surface area (Å²) in [4.78, 5) is 16.8. The van der Waals surface area contributed by atoms with Crippen molar-refractivity contribution in [3.63, 3.8) is 0 Å². The van der Waals surface area contributed by atoms with Gasteiger partial charge in [0.05, 0.1) is 0 Å². The van der Waals surface area contributed by atoms with Gasteiger partial charge in [0, 0.05) is 18.8 Å². The summed E-state index contributed by atoms with van der Waals surface area (Å²) in [6.07, 6.45) is 2.11. The highest BCUT2D eigenvalue weighted by molar-refractivity contribution is 5.86. The zero-order valence-corrected chi connectivity index (χ0v) is 9.59. The number of amides is 1. The predicted octanol–water partition coefficient (Wildman–Crippen LogP) is 1.44. The van der Waals surface area contributed by atoms with Gasteiger partial charge in [-0.1, -0.05) is 6.07 Å². The van der Waals surface area contributed by atoms with Crippen LogP contribution in [-0.2, 0) is 12.8 Å². The van der Waals surface area contributed by atoms with Crippen molar-refractivity contribution in [2.75, 3.05) is 18.1 Å². The summed E-state index contributed by atoms with van der Waals surface area (Å²) >= 11 is 0. The van der Waals surface area contributed by atoms with Gasteiger partial charge in [0.15, 0.2) is 0 Å². The Morgan fingerprint density at radius 1 is 1.47 bits per heavy atom. The first-order valence-corrected chi connectivity index (χ1v) is 5.82. The maximum atomic E-state index is 11.1. The molecular formula is C12H16N2O3. The van der Waals surface area contributed by atoms with Crippen LogP contribution < -0.4 is 4.90 Å². The van der Waals surface area contributed by atoms with Gasteiger partial charge in [0.1, 0.15) is 5.82 Å². The van der Waals surface area contributed by atoms with Crippen LogP contribution in [0.3, 0.4) is 0 Å². The SMILES string of the molecule is O=C(O)N1CCCc2ccc(CCCO)nc21. The number of anilines is 1. The minimum atomic E-state index is -0.947. The lowest BCUT2D eigenvalue weighted by molar-refractivity contribution is 0.201. The molecule has 5 heteroatoms. The monoisotopic (exact) mass is 236 g/mol. The van der Waals surface area contributed by atoms with Gasteiger partial charge in [0.25, 0.3) is 0 Å². The molecule has 17 heavy (non-hydrogen) atoms. The van der Waals surface area contributed by atoms with Crippen LogP contribution in [0, 0.1) is 0 Å². The fraction of sp³-hybridized carbons (Fsp3) is 0.500. The lowest BCUT2D eigenvalue weighted by atomic mass is 10.0. The van der Waals surface area contributed by atoms with Crippen LogP contribution in [0.4, 0.5) is 10.6 Å². The topological polar surface area (TPSA) is 73.7 Å². The first-order valence-electron chi connectivity index (χ1n) is 5.82. The van der Waals surface area contributed by atoms with E-state index < -0.39 is 6.09 Å². The highest BCUT2D eigenvalue weighted by Crippen LogP contribution is 2.25. The molecule has 0 unspecified atom stereocenters. The standard InChI is InChI=1S/C12H16N2O3/c15-8-2-4-10-6-5-9-3-1-7-14(12(16)17)11(9)13-10/h5-6,15H,1-4,7-8H2,(H,16,17). The molecule has 0 saturated heterocycles. The summed E-state index contributed by atoms with van der Waals surface area (Å²) < 4.78 is 0. The van der Waals surface area contributed by atoms with Crippen molar-refractivity contribution in [1.29, 1.82) is 0 Å². The summed E-state index contributed by atoms with van der Waals surface area (Å²) in [6.45, 7) is 0.639. The minimum absolute atomic E-state index is 0.126. The second-order valence-corrected chi connectivity index (χ2v) is 4.15. The van der Waals surface area contributed by atoms with Crippen molar-refractivity contribution in [2.45, 2.75) is 25.7 Å². The van der Waals surface area contributed by atoms with Gasteiger partial charge in [-0.25, -0.2) is 9.78 Å². The summed E-state index contributed by atoms with van der Waals surface area (Å²) in [5.41, 5.74) is 1.83. The Bertz CT molecular complexity index is 420. The van der Waals surface area contributed by atoms with E-state index in [1.165, 1.54) is 4.90 Å². The molecule has 2 N–H and O–H groups in total. The number of hydrogen-bond acceptors (Lipinski definition) is 3. The number of hydrogen-bond donors (Lipinski definition) is 2. The summed E-state index contributed by atoms with van der Waals surface area (Å²) in [7, 11) is 0. The van der Waals surface area contributed by atoms with E-state index in [9.17, 15) is 4.79 Å². The van der Waals surface area contributed by atoms with Crippen LogP contribution in [0.5, 0.6) is 0 Å². The number of carboxylic acid groups (broad SMARTS) is 1. The number of aliphatic hydroxyl groups excluding tert-OH is 1. The second kappa shape index (κ2) is 5.14. The van der Waals surface area contributed by atoms with Gasteiger partial charge in [0.2, 0.25) is 0 Å². The number of rotatable bonds is 3. The van der Waals surface area contributed by atoms with Crippen molar-refractivity contribution < 1.29 is 15.0 Å². The average molecular weight is 236 g/mol. The summed E-state index contributed by atoms with van der Waals surface area (Å²) in [5.74, 6) is 0.569. The summed E-state index contributed by atoms with van der Waals surface area (Å²) in [5, 5.41) is 17.9. The van der Waals surface area contributed by atoms with Crippen molar-refractivity contribution in [2.24, 2.45) is 0 Å². The molecule has 5 nitrogen and oxygen atoms in total. The molecule has 0 aromatic carbocycles. The lowest BCUT2D eigenvalue weighted by Gasteiger charge is -2.26. The first kappa shape index (κ1) is 11.9. The predicted molar refractivity (Wildman–Crippen MR) is 63.3 cm³/mol. The van der Waals surface area contributed by atoms with E-state index in [1.807, 2.05) is 12.1 Å². The second-order valence-electron chi connectivity index (χ2n) is 4.15. The maximum Gasteiger partial charge on any atom is 0.413 e. The fourth-order valence-electron chi connectivity index (χ4n) is 2.06. The lowest BCUT2D eigenvalue weighted by Crippen LogP contribution is -2.35. The van der Waals surface area contributed by atoms with E-state index in [1.54, 1.807) is 0 Å². The molecule has 0 radical (unpaired) electrons. The largest absolute Gasteiger partial charge is 0.465 e. The van der Waals surface area contributed by atoms with E-state index in [2.05, 4.69) is 4.98 Å².